The molecule has 0 aromatic heterocycles. The van der Waals surface area contributed by atoms with Gasteiger partial charge in [0, 0.05) is 11.4 Å². The van der Waals surface area contributed by atoms with Crippen LogP contribution in [0.2, 0.25) is 0 Å². The second-order valence-corrected chi connectivity index (χ2v) is 7.09. The average molecular weight is 447 g/mol. The van der Waals surface area contributed by atoms with Crippen molar-refractivity contribution in [3.05, 3.63) is 89.2 Å². The molecule has 7 nitrogen and oxygen atoms in total. The molecule has 0 atom stereocenters. The first kappa shape index (κ1) is 23.5. The van der Waals surface area contributed by atoms with E-state index in [0.717, 1.165) is 0 Å². The minimum absolute atomic E-state index is 0.175. The lowest BCUT2D eigenvalue weighted by atomic mass is 10.0. The normalized spacial score (nSPS) is 14.5. The van der Waals surface area contributed by atoms with E-state index < -0.39 is 11.9 Å². The van der Waals surface area contributed by atoms with E-state index in [0.29, 0.717) is 34.9 Å². The van der Waals surface area contributed by atoms with Crippen LogP contribution in [0, 0.1) is 0 Å². The highest BCUT2D eigenvalue weighted by Crippen LogP contribution is 2.35. The van der Waals surface area contributed by atoms with Gasteiger partial charge in [-0.3, -0.25) is 9.69 Å². The molecule has 1 aliphatic heterocycles. The lowest BCUT2D eigenvalue weighted by molar-refractivity contribution is -0.136. The van der Waals surface area contributed by atoms with Gasteiger partial charge in [0.05, 0.1) is 30.4 Å². The van der Waals surface area contributed by atoms with Crippen LogP contribution in [0.25, 0.3) is 6.08 Å². The van der Waals surface area contributed by atoms with Crippen LogP contribution in [0.5, 0.6) is 5.75 Å². The first-order chi connectivity index (χ1) is 15.9. The molecular formula is C26H25NO6. The number of hydrogen-bond acceptors (Lipinski definition) is 6. The number of esters is 2. The van der Waals surface area contributed by atoms with Gasteiger partial charge in [-0.2, -0.15) is 0 Å². The maximum absolute atomic E-state index is 13.4. The van der Waals surface area contributed by atoms with E-state index in [1.54, 1.807) is 68.5 Å². The van der Waals surface area contributed by atoms with Crippen molar-refractivity contribution >= 4 is 29.6 Å². The van der Waals surface area contributed by atoms with E-state index in [1.165, 1.54) is 12.0 Å². The van der Waals surface area contributed by atoms with Gasteiger partial charge in [-0.25, -0.2) is 9.59 Å². The van der Waals surface area contributed by atoms with Gasteiger partial charge < -0.3 is 14.2 Å². The van der Waals surface area contributed by atoms with Gasteiger partial charge in [0.2, 0.25) is 0 Å². The molecule has 0 radical (unpaired) electrons. The molecule has 170 valence electrons. The number of benzene rings is 2. The van der Waals surface area contributed by atoms with E-state index in [1.807, 2.05) is 6.07 Å². The van der Waals surface area contributed by atoms with Crippen LogP contribution in [0.4, 0.5) is 5.69 Å². The number of amides is 1. The predicted octanol–water partition coefficient (Wildman–Crippen LogP) is 4.31. The Balaban J connectivity index is 2.01. The van der Waals surface area contributed by atoms with Crippen LogP contribution in [0.15, 0.2) is 78.0 Å². The van der Waals surface area contributed by atoms with Crippen LogP contribution in [-0.4, -0.2) is 38.2 Å². The molecule has 1 heterocycles. The van der Waals surface area contributed by atoms with E-state index in [2.05, 4.69) is 6.58 Å². The van der Waals surface area contributed by atoms with Gasteiger partial charge in [-0.1, -0.05) is 24.8 Å². The number of anilines is 1. The summed E-state index contributed by atoms with van der Waals surface area (Å²) in [6, 6.07) is 13.6. The minimum Gasteiger partial charge on any atom is -0.490 e. The third kappa shape index (κ3) is 5.03. The van der Waals surface area contributed by atoms with Crippen LogP contribution >= 0.6 is 0 Å². The van der Waals surface area contributed by atoms with Gasteiger partial charge in [-0.15, -0.1) is 0 Å². The molecule has 0 bridgehead atoms. The SMILES string of the molecule is C=CCOc1cccc(/C=C2\C(=O)N(c3ccc(C(=O)OCC)cc3)C(C)=C2C(=O)OC)c1. The smallest absolute Gasteiger partial charge is 0.340 e. The van der Waals surface area contributed by atoms with Crippen molar-refractivity contribution < 1.29 is 28.6 Å². The second-order valence-electron chi connectivity index (χ2n) is 7.09. The molecule has 1 amide bonds. The number of ether oxygens (including phenoxy) is 3. The minimum atomic E-state index is -0.614. The standard InChI is InChI=1S/C26H25NO6/c1-5-14-33-21-9-7-8-18(15-21)16-22-23(26(30)31-4)17(3)27(24(22)28)20-12-10-19(11-13-20)25(29)32-6-2/h5,7-13,15-16H,1,6,14H2,2-4H3/b22-16-. The molecule has 1 aliphatic rings. The highest BCUT2D eigenvalue weighted by molar-refractivity contribution is 6.23. The summed E-state index contributed by atoms with van der Waals surface area (Å²) in [6.45, 7) is 7.65. The summed E-state index contributed by atoms with van der Waals surface area (Å²) in [7, 11) is 1.27. The second kappa shape index (κ2) is 10.5. The summed E-state index contributed by atoms with van der Waals surface area (Å²) < 4.78 is 15.5. The Morgan fingerprint density at radius 1 is 1.09 bits per heavy atom. The molecule has 3 rings (SSSR count). The van der Waals surface area contributed by atoms with E-state index in [4.69, 9.17) is 14.2 Å². The summed E-state index contributed by atoms with van der Waals surface area (Å²) in [5.41, 5.74) is 2.38. The van der Waals surface area contributed by atoms with Gasteiger partial charge in [0.25, 0.3) is 5.91 Å². The van der Waals surface area contributed by atoms with Crippen LogP contribution in [-0.2, 0) is 19.1 Å². The maximum Gasteiger partial charge on any atom is 0.340 e. The van der Waals surface area contributed by atoms with Gasteiger partial charge in [-0.05, 0) is 61.9 Å². The Morgan fingerprint density at radius 2 is 1.82 bits per heavy atom. The van der Waals surface area contributed by atoms with Crippen molar-refractivity contribution in [2.24, 2.45) is 0 Å². The summed E-state index contributed by atoms with van der Waals surface area (Å²) in [5, 5.41) is 0. The number of methoxy groups -OCH3 is 1. The quantitative estimate of drug-likeness (QED) is 0.341. The number of rotatable bonds is 8. The first-order valence-electron chi connectivity index (χ1n) is 10.4. The largest absolute Gasteiger partial charge is 0.490 e. The van der Waals surface area contributed by atoms with Crippen molar-refractivity contribution in [3.8, 4) is 5.75 Å². The van der Waals surface area contributed by atoms with Gasteiger partial charge in [0.1, 0.15) is 12.4 Å². The van der Waals surface area contributed by atoms with Crippen molar-refractivity contribution in [2.75, 3.05) is 25.2 Å². The van der Waals surface area contributed by atoms with Crippen molar-refractivity contribution in [1.29, 1.82) is 0 Å². The molecule has 0 N–H and O–H groups in total. The highest BCUT2D eigenvalue weighted by Gasteiger charge is 2.38. The third-order valence-electron chi connectivity index (χ3n) is 4.96. The fourth-order valence-electron chi connectivity index (χ4n) is 3.47. The number of carbonyl (C=O) groups excluding carboxylic acids is 3. The molecule has 0 unspecified atom stereocenters. The Morgan fingerprint density at radius 3 is 2.45 bits per heavy atom. The van der Waals surface area contributed by atoms with Crippen LogP contribution in [0.1, 0.15) is 29.8 Å². The first-order valence-corrected chi connectivity index (χ1v) is 10.4. The molecule has 0 spiro atoms. The molecule has 7 heteroatoms. The maximum atomic E-state index is 13.4. The molecule has 0 fully saturated rings. The monoisotopic (exact) mass is 447 g/mol. The van der Waals surface area contributed by atoms with Crippen LogP contribution < -0.4 is 9.64 Å². The van der Waals surface area contributed by atoms with Crippen molar-refractivity contribution in [3.63, 3.8) is 0 Å². The van der Waals surface area contributed by atoms with E-state index in [-0.39, 0.29) is 23.7 Å². The zero-order chi connectivity index (χ0) is 24.0. The number of hydrogen-bond donors (Lipinski definition) is 0. The highest BCUT2D eigenvalue weighted by atomic mass is 16.5. The predicted molar refractivity (Wildman–Crippen MR) is 125 cm³/mol. The zero-order valence-electron chi connectivity index (χ0n) is 18.8. The Hall–Kier alpha value is -4.13. The Kier molecular flexibility index (Phi) is 7.46. The van der Waals surface area contributed by atoms with E-state index >= 15 is 0 Å². The molecule has 2 aromatic rings. The summed E-state index contributed by atoms with van der Waals surface area (Å²) in [4.78, 5) is 39.3. The summed E-state index contributed by atoms with van der Waals surface area (Å²) in [6.07, 6.45) is 3.27. The van der Waals surface area contributed by atoms with Crippen LogP contribution in [0.3, 0.4) is 0 Å². The average Bonchev–Trinajstić information content (AvgIpc) is 3.06. The lowest BCUT2D eigenvalue weighted by Gasteiger charge is -2.18. The molecule has 0 saturated carbocycles. The van der Waals surface area contributed by atoms with Gasteiger partial charge in [0.15, 0.2) is 0 Å². The molecule has 0 aliphatic carbocycles. The fraction of sp³-hybridized carbons (Fsp3) is 0.192. The Labute approximate surface area is 192 Å². The Bertz CT molecular complexity index is 1140. The number of nitrogens with zero attached hydrogens (tertiary/aromatic N) is 1. The molecule has 2 aromatic carbocycles. The topological polar surface area (TPSA) is 82.1 Å². The molecule has 33 heavy (non-hydrogen) atoms. The van der Waals surface area contributed by atoms with E-state index in [9.17, 15) is 14.4 Å². The number of carbonyl (C=O) groups is 3. The molecular weight excluding hydrogens is 422 g/mol. The third-order valence-corrected chi connectivity index (χ3v) is 4.96. The van der Waals surface area contributed by atoms with Gasteiger partial charge >= 0.3 is 11.9 Å². The number of allylic oxidation sites excluding steroid dienone is 1. The zero-order valence-corrected chi connectivity index (χ0v) is 18.8. The summed E-state index contributed by atoms with van der Waals surface area (Å²) in [5.74, 6) is -0.828. The summed E-state index contributed by atoms with van der Waals surface area (Å²) >= 11 is 0. The lowest BCUT2D eigenvalue weighted by Crippen LogP contribution is -2.24. The van der Waals surface area contributed by atoms with Crippen molar-refractivity contribution in [1.82, 2.24) is 0 Å². The fourth-order valence-corrected chi connectivity index (χ4v) is 3.47. The molecule has 0 saturated heterocycles. The van der Waals surface area contributed by atoms with Crippen molar-refractivity contribution in [2.45, 2.75) is 13.8 Å².